The number of hydrogen-bond donors (Lipinski definition) is 1. The van der Waals surface area contributed by atoms with Crippen molar-refractivity contribution in [2.75, 3.05) is 5.32 Å². The number of halogens is 5. The summed E-state index contributed by atoms with van der Waals surface area (Å²) >= 11 is 9.21. The van der Waals surface area contributed by atoms with Crippen molar-refractivity contribution >= 4 is 33.2 Å². The Morgan fingerprint density at radius 1 is 1.10 bits per heavy atom. The molecule has 21 heavy (non-hydrogen) atoms. The Morgan fingerprint density at radius 3 is 2.38 bits per heavy atom. The van der Waals surface area contributed by atoms with Crippen molar-refractivity contribution in [3.63, 3.8) is 0 Å². The second-order valence-electron chi connectivity index (χ2n) is 4.55. The van der Waals surface area contributed by atoms with Crippen LogP contribution in [0.5, 0.6) is 0 Å². The maximum atomic E-state index is 12.8. The summed E-state index contributed by atoms with van der Waals surface area (Å²) in [6.07, 6.45) is -5.23. The third kappa shape index (κ3) is 4.93. The molecule has 0 saturated heterocycles. The zero-order chi connectivity index (χ0) is 15.5. The van der Waals surface area contributed by atoms with E-state index in [0.29, 0.717) is 20.7 Å². The fourth-order valence-electron chi connectivity index (χ4n) is 1.96. The SMILES string of the molecule is FC(F)(F)CC(Nc1cc(Cl)ccc1Br)c1ccccc1. The van der Waals surface area contributed by atoms with Crippen LogP contribution in [-0.4, -0.2) is 6.18 Å². The van der Waals surface area contributed by atoms with Crippen LogP contribution < -0.4 is 5.32 Å². The number of anilines is 1. The van der Waals surface area contributed by atoms with Crippen molar-refractivity contribution < 1.29 is 13.2 Å². The molecule has 0 fully saturated rings. The van der Waals surface area contributed by atoms with E-state index in [0.717, 1.165) is 0 Å². The third-order valence-corrected chi connectivity index (χ3v) is 3.82. The largest absolute Gasteiger partial charge is 0.391 e. The molecule has 2 aromatic rings. The zero-order valence-electron chi connectivity index (χ0n) is 10.8. The number of rotatable bonds is 4. The molecule has 0 bridgehead atoms. The van der Waals surface area contributed by atoms with Crippen LogP contribution in [0.4, 0.5) is 18.9 Å². The summed E-state index contributed by atoms with van der Waals surface area (Å²) in [6, 6.07) is 12.6. The van der Waals surface area contributed by atoms with Gasteiger partial charge in [0.05, 0.1) is 18.2 Å². The highest BCUT2D eigenvalue weighted by Gasteiger charge is 2.32. The molecule has 1 unspecified atom stereocenters. The van der Waals surface area contributed by atoms with Gasteiger partial charge in [0.25, 0.3) is 0 Å². The van der Waals surface area contributed by atoms with E-state index in [2.05, 4.69) is 21.2 Å². The molecule has 0 radical (unpaired) electrons. The quantitative estimate of drug-likeness (QED) is 0.667. The van der Waals surface area contributed by atoms with Crippen LogP contribution >= 0.6 is 27.5 Å². The second-order valence-corrected chi connectivity index (χ2v) is 5.84. The van der Waals surface area contributed by atoms with Crippen LogP contribution in [0.2, 0.25) is 5.02 Å². The molecule has 1 nitrogen and oxygen atoms in total. The first kappa shape index (κ1) is 16.2. The van der Waals surface area contributed by atoms with Gasteiger partial charge in [-0.05, 0) is 39.7 Å². The van der Waals surface area contributed by atoms with Crippen molar-refractivity contribution in [1.29, 1.82) is 0 Å². The van der Waals surface area contributed by atoms with Crippen LogP contribution in [-0.2, 0) is 0 Å². The highest BCUT2D eigenvalue weighted by Crippen LogP contribution is 2.35. The van der Waals surface area contributed by atoms with Gasteiger partial charge in [0.2, 0.25) is 0 Å². The molecule has 6 heteroatoms. The molecule has 2 aromatic carbocycles. The summed E-state index contributed by atoms with van der Waals surface area (Å²) in [5.74, 6) is 0. The van der Waals surface area contributed by atoms with Gasteiger partial charge in [0.15, 0.2) is 0 Å². The van der Waals surface area contributed by atoms with Gasteiger partial charge in [-0.2, -0.15) is 13.2 Å². The second kappa shape index (κ2) is 6.71. The van der Waals surface area contributed by atoms with E-state index in [1.165, 1.54) is 0 Å². The molecule has 0 aromatic heterocycles. The minimum atomic E-state index is -4.27. The van der Waals surface area contributed by atoms with Crippen molar-refractivity contribution in [3.8, 4) is 0 Å². The third-order valence-electron chi connectivity index (χ3n) is 2.90. The van der Waals surface area contributed by atoms with Crippen molar-refractivity contribution in [1.82, 2.24) is 0 Å². The Morgan fingerprint density at radius 2 is 1.76 bits per heavy atom. The normalized spacial score (nSPS) is 13.0. The molecule has 0 amide bonds. The minimum absolute atomic E-state index is 0.458. The molecule has 2 rings (SSSR count). The van der Waals surface area contributed by atoms with E-state index in [-0.39, 0.29) is 0 Å². The van der Waals surface area contributed by atoms with Crippen LogP contribution in [0.1, 0.15) is 18.0 Å². The predicted octanol–water partition coefficient (Wildman–Crippen LogP) is 6.21. The van der Waals surface area contributed by atoms with Gasteiger partial charge < -0.3 is 5.32 Å². The van der Waals surface area contributed by atoms with Gasteiger partial charge in [0.1, 0.15) is 0 Å². The Bertz CT molecular complexity index is 602. The van der Waals surface area contributed by atoms with Gasteiger partial charge in [-0.1, -0.05) is 41.9 Å². The molecule has 0 aliphatic heterocycles. The van der Waals surface area contributed by atoms with Gasteiger partial charge in [-0.3, -0.25) is 0 Å². The standard InChI is InChI=1S/C15H12BrClF3N/c16-12-7-6-11(17)8-13(12)21-14(9-15(18,19)20)10-4-2-1-3-5-10/h1-8,14,21H,9H2. The summed E-state index contributed by atoms with van der Waals surface area (Å²) in [5, 5.41) is 3.37. The fraction of sp³-hybridized carbons (Fsp3) is 0.200. The maximum Gasteiger partial charge on any atom is 0.391 e. The Balaban J connectivity index is 2.30. The topological polar surface area (TPSA) is 12.0 Å². The molecular weight excluding hydrogens is 367 g/mol. The van der Waals surface area contributed by atoms with E-state index in [1.807, 2.05) is 0 Å². The lowest BCUT2D eigenvalue weighted by Crippen LogP contribution is -2.20. The minimum Gasteiger partial charge on any atom is -0.377 e. The van der Waals surface area contributed by atoms with Gasteiger partial charge in [-0.15, -0.1) is 0 Å². The fourth-order valence-corrected chi connectivity index (χ4v) is 2.50. The summed E-state index contributed by atoms with van der Waals surface area (Å²) in [7, 11) is 0. The van der Waals surface area contributed by atoms with E-state index in [9.17, 15) is 13.2 Å². The molecule has 0 saturated carbocycles. The van der Waals surface area contributed by atoms with Gasteiger partial charge in [-0.25, -0.2) is 0 Å². The monoisotopic (exact) mass is 377 g/mol. The average molecular weight is 379 g/mol. The average Bonchev–Trinajstić information content (AvgIpc) is 2.42. The molecule has 0 aliphatic rings. The lowest BCUT2D eigenvalue weighted by molar-refractivity contribution is -0.137. The van der Waals surface area contributed by atoms with Crippen LogP contribution in [0.15, 0.2) is 53.0 Å². The first-order valence-corrected chi connectivity index (χ1v) is 7.35. The van der Waals surface area contributed by atoms with Gasteiger partial charge >= 0.3 is 6.18 Å². The first-order valence-electron chi connectivity index (χ1n) is 6.18. The lowest BCUT2D eigenvalue weighted by Gasteiger charge is -2.22. The summed E-state index contributed by atoms with van der Waals surface area (Å²) in [6.45, 7) is 0. The van der Waals surface area contributed by atoms with Crippen LogP contribution in [0, 0.1) is 0 Å². The smallest absolute Gasteiger partial charge is 0.377 e. The number of benzene rings is 2. The molecule has 1 atom stereocenters. The molecule has 0 spiro atoms. The molecule has 0 aliphatic carbocycles. The Hall–Kier alpha value is -1.20. The van der Waals surface area contributed by atoms with Crippen molar-refractivity contribution in [2.45, 2.75) is 18.6 Å². The predicted molar refractivity (Wildman–Crippen MR) is 82.6 cm³/mol. The summed E-state index contributed by atoms with van der Waals surface area (Å²) in [4.78, 5) is 0. The molecule has 0 heterocycles. The number of alkyl halides is 3. The number of nitrogens with one attached hydrogen (secondary N) is 1. The lowest BCUT2D eigenvalue weighted by atomic mass is 10.0. The van der Waals surface area contributed by atoms with Crippen LogP contribution in [0.25, 0.3) is 0 Å². The molecule has 1 N–H and O–H groups in total. The van der Waals surface area contributed by atoms with Crippen molar-refractivity contribution in [3.05, 3.63) is 63.6 Å². The van der Waals surface area contributed by atoms with Crippen LogP contribution in [0.3, 0.4) is 0 Å². The number of hydrogen-bond acceptors (Lipinski definition) is 1. The first-order chi connectivity index (χ1) is 9.85. The van der Waals surface area contributed by atoms with Crippen molar-refractivity contribution in [2.24, 2.45) is 0 Å². The Labute approximate surface area is 134 Å². The summed E-state index contributed by atoms with van der Waals surface area (Å²) in [5.41, 5.74) is 1.10. The highest BCUT2D eigenvalue weighted by molar-refractivity contribution is 9.10. The molecule has 112 valence electrons. The highest BCUT2D eigenvalue weighted by atomic mass is 79.9. The van der Waals surface area contributed by atoms with E-state index < -0.39 is 18.6 Å². The van der Waals surface area contributed by atoms with E-state index in [4.69, 9.17) is 11.6 Å². The zero-order valence-corrected chi connectivity index (χ0v) is 13.1. The summed E-state index contributed by atoms with van der Waals surface area (Å²) < 4.78 is 39.1. The Kier molecular flexibility index (Phi) is 5.17. The van der Waals surface area contributed by atoms with E-state index >= 15 is 0 Å². The van der Waals surface area contributed by atoms with Gasteiger partial charge in [0, 0.05) is 9.50 Å². The maximum absolute atomic E-state index is 12.8. The molecular formula is C15H12BrClF3N. The van der Waals surface area contributed by atoms with E-state index in [1.54, 1.807) is 48.5 Å².